The average molecular weight is 385 g/mol. The Morgan fingerprint density at radius 3 is 2.33 bits per heavy atom. The van der Waals surface area contributed by atoms with Crippen LogP contribution in [0.25, 0.3) is 11.1 Å². The fraction of sp³-hybridized carbons (Fsp3) is 0.391. The van der Waals surface area contributed by atoms with Crippen LogP contribution in [0.1, 0.15) is 50.7 Å². The minimum Gasteiger partial charge on any atom is -0.385 e. The molecule has 1 aliphatic rings. The van der Waals surface area contributed by atoms with Gasteiger partial charge < -0.3 is 5.11 Å². The molecule has 3 rings (SSSR count). The van der Waals surface area contributed by atoms with Crippen LogP contribution in [0, 0.1) is 5.41 Å². The summed E-state index contributed by atoms with van der Waals surface area (Å²) in [6.07, 6.45) is 0.462. The standard InChI is InChI=1S/C23H25ClO3/c1-4-14-13-16(15-5-8-17(24)9-6-15)7-10-18(14)20-21(26)19(25)11-12-23(2,3)22(20)27/h5-10,13,19-20,25H,4,11-12H2,1-3H3/t19-,20?/m0/s1. The van der Waals surface area contributed by atoms with Crippen LogP contribution in [0.15, 0.2) is 42.5 Å². The maximum atomic E-state index is 13.1. The Kier molecular flexibility index (Phi) is 5.55. The molecule has 4 heteroatoms. The number of aliphatic hydroxyl groups is 1. The van der Waals surface area contributed by atoms with Crippen molar-refractivity contribution < 1.29 is 14.7 Å². The first-order chi connectivity index (χ1) is 12.7. The lowest BCUT2D eigenvalue weighted by molar-refractivity contribution is -0.136. The number of carbonyl (C=O) groups is 2. The molecule has 1 N–H and O–H groups in total. The molecular weight excluding hydrogens is 360 g/mol. The fourth-order valence-electron chi connectivity index (χ4n) is 3.79. The number of halogens is 1. The molecule has 2 aromatic rings. The molecule has 0 radical (unpaired) electrons. The van der Waals surface area contributed by atoms with Gasteiger partial charge in [-0.25, -0.2) is 0 Å². The number of hydrogen-bond donors (Lipinski definition) is 1. The van der Waals surface area contributed by atoms with Gasteiger partial charge in [-0.2, -0.15) is 0 Å². The molecule has 0 bridgehead atoms. The molecule has 142 valence electrons. The summed E-state index contributed by atoms with van der Waals surface area (Å²) >= 11 is 5.97. The molecular formula is C23H25ClO3. The van der Waals surface area contributed by atoms with E-state index in [9.17, 15) is 14.7 Å². The average Bonchev–Trinajstić information content (AvgIpc) is 2.73. The third kappa shape index (κ3) is 3.85. The van der Waals surface area contributed by atoms with E-state index in [0.717, 1.165) is 22.3 Å². The number of Topliss-reactive ketones (excluding diaryl/α,β-unsaturated/α-hetero) is 2. The van der Waals surface area contributed by atoms with E-state index >= 15 is 0 Å². The Labute approximate surface area is 165 Å². The number of carbonyl (C=O) groups excluding carboxylic acids is 2. The normalized spacial score (nSPS) is 22.6. The van der Waals surface area contributed by atoms with Crippen LogP contribution in [0.4, 0.5) is 0 Å². The van der Waals surface area contributed by atoms with Gasteiger partial charge in [0.2, 0.25) is 0 Å². The SMILES string of the molecule is CCc1cc(-c2ccc(Cl)cc2)ccc1C1C(=O)[C@@H](O)CCC(C)(C)C1=O. The molecule has 3 nitrogen and oxygen atoms in total. The maximum absolute atomic E-state index is 13.1. The van der Waals surface area contributed by atoms with Crippen molar-refractivity contribution in [3.05, 3.63) is 58.6 Å². The van der Waals surface area contributed by atoms with Gasteiger partial charge in [-0.3, -0.25) is 9.59 Å². The lowest BCUT2D eigenvalue weighted by Crippen LogP contribution is -2.34. The largest absolute Gasteiger partial charge is 0.385 e. The highest BCUT2D eigenvalue weighted by molar-refractivity contribution is 6.30. The highest BCUT2D eigenvalue weighted by Crippen LogP contribution is 2.39. The zero-order valence-corrected chi connectivity index (χ0v) is 16.7. The molecule has 0 aromatic heterocycles. The third-order valence-corrected chi connectivity index (χ3v) is 5.85. The molecule has 0 aliphatic heterocycles. The van der Waals surface area contributed by atoms with E-state index < -0.39 is 17.4 Å². The zero-order chi connectivity index (χ0) is 19.8. The zero-order valence-electron chi connectivity index (χ0n) is 16.0. The van der Waals surface area contributed by atoms with Crippen molar-refractivity contribution in [1.82, 2.24) is 0 Å². The monoisotopic (exact) mass is 384 g/mol. The van der Waals surface area contributed by atoms with Crippen LogP contribution < -0.4 is 0 Å². The molecule has 1 aliphatic carbocycles. The molecule has 2 atom stereocenters. The second-order valence-corrected chi connectivity index (χ2v) is 8.35. The highest BCUT2D eigenvalue weighted by Gasteiger charge is 2.44. The molecule has 0 spiro atoms. The lowest BCUT2D eigenvalue weighted by atomic mass is 9.75. The number of aryl methyl sites for hydroxylation is 1. The fourth-order valence-corrected chi connectivity index (χ4v) is 3.91. The minimum absolute atomic E-state index is 0.0991. The summed E-state index contributed by atoms with van der Waals surface area (Å²) in [5.41, 5.74) is 3.09. The van der Waals surface area contributed by atoms with Crippen molar-refractivity contribution in [3.8, 4) is 11.1 Å². The van der Waals surface area contributed by atoms with Gasteiger partial charge in [-0.15, -0.1) is 0 Å². The second kappa shape index (κ2) is 7.57. The smallest absolute Gasteiger partial charge is 0.176 e. The van der Waals surface area contributed by atoms with Crippen molar-refractivity contribution in [2.45, 2.75) is 52.1 Å². The summed E-state index contributed by atoms with van der Waals surface area (Å²) in [7, 11) is 0. The van der Waals surface area contributed by atoms with Crippen LogP contribution in [-0.4, -0.2) is 22.8 Å². The summed E-state index contributed by atoms with van der Waals surface area (Å²) in [6, 6.07) is 13.4. The van der Waals surface area contributed by atoms with Crippen molar-refractivity contribution in [2.24, 2.45) is 5.41 Å². The molecule has 0 saturated heterocycles. The predicted octanol–water partition coefficient (Wildman–Crippen LogP) is 4.97. The van der Waals surface area contributed by atoms with Gasteiger partial charge in [-0.05, 0) is 53.6 Å². The molecule has 0 heterocycles. The Morgan fingerprint density at radius 2 is 1.70 bits per heavy atom. The molecule has 1 unspecified atom stereocenters. The predicted molar refractivity (Wildman–Crippen MR) is 108 cm³/mol. The van der Waals surface area contributed by atoms with E-state index in [1.165, 1.54) is 0 Å². The molecule has 1 fully saturated rings. The van der Waals surface area contributed by atoms with Crippen molar-refractivity contribution >= 4 is 23.2 Å². The van der Waals surface area contributed by atoms with E-state index in [1.54, 1.807) is 0 Å². The summed E-state index contributed by atoms with van der Waals surface area (Å²) in [4.78, 5) is 26.0. The molecule has 0 amide bonds. The second-order valence-electron chi connectivity index (χ2n) is 7.91. The highest BCUT2D eigenvalue weighted by atomic mass is 35.5. The van der Waals surface area contributed by atoms with Gasteiger partial charge in [0.25, 0.3) is 0 Å². The van der Waals surface area contributed by atoms with Gasteiger partial charge in [0, 0.05) is 10.4 Å². The number of aliphatic hydroxyl groups excluding tert-OH is 1. The number of ketones is 2. The van der Waals surface area contributed by atoms with E-state index in [-0.39, 0.29) is 11.6 Å². The Bertz CT molecular complexity index is 868. The summed E-state index contributed by atoms with van der Waals surface area (Å²) in [5, 5.41) is 10.9. The van der Waals surface area contributed by atoms with Crippen molar-refractivity contribution in [1.29, 1.82) is 0 Å². The minimum atomic E-state index is -1.08. The van der Waals surface area contributed by atoms with Gasteiger partial charge in [0.1, 0.15) is 12.0 Å². The molecule has 2 aromatic carbocycles. The van der Waals surface area contributed by atoms with E-state index in [4.69, 9.17) is 11.6 Å². The first-order valence-electron chi connectivity index (χ1n) is 9.39. The van der Waals surface area contributed by atoms with Gasteiger partial charge in [0.15, 0.2) is 11.6 Å². The third-order valence-electron chi connectivity index (χ3n) is 5.60. The summed E-state index contributed by atoms with van der Waals surface area (Å²) < 4.78 is 0. The topological polar surface area (TPSA) is 54.4 Å². The first kappa shape index (κ1) is 19.8. The molecule has 1 saturated carbocycles. The van der Waals surface area contributed by atoms with Crippen LogP contribution in [0.2, 0.25) is 5.02 Å². The first-order valence-corrected chi connectivity index (χ1v) is 9.77. The van der Waals surface area contributed by atoms with Crippen molar-refractivity contribution in [2.75, 3.05) is 0 Å². The van der Waals surface area contributed by atoms with Gasteiger partial charge >= 0.3 is 0 Å². The van der Waals surface area contributed by atoms with E-state index in [0.29, 0.717) is 24.3 Å². The Morgan fingerprint density at radius 1 is 1.07 bits per heavy atom. The number of hydrogen-bond acceptors (Lipinski definition) is 3. The van der Waals surface area contributed by atoms with Crippen LogP contribution in [0.3, 0.4) is 0 Å². The number of rotatable bonds is 3. The van der Waals surface area contributed by atoms with Crippen LogP contribution in [0.5, 0.6) is 0 Å². The lowest BCUT2D eigenvalue weighted by Gasteiger charge is -2.26. The number of benzene rings is 2. The van der Waals surface area contributed by atoms with E-state index in [1.807, 2.05) is 63.2 Å². The maximum Gasteiger partial charge on any atom is 0.176 e. The summed E-state index contributed by atoms with van der Waals surface area (Å²) in [5.74, 6) is -1.37. The van der Waals surface area contributed by atoms with Crippen LogP contribution in [-0.2, 0) is 16.0 Å². The van der Waals surface area contributed by atoms with E-state index in [2.05, 4.69) is 0 Å². The van der Waals surface area contributed by atoms with Gasteiger partial charge in [0.05, 0.1) is 0 Å². The van der Waals surface area contributed by atoms with Crippen molar-refractivity contribution in [3.63, 3.8) is 0 Å². The Balaban J connectivity index is 2.08. The summed E-state index contributed by atoms with van der Waals surface area (Å²) in [6.45, 7) is 5.74. The Hall–Kier alpha value is -1.97. The quantitative estimate of drug-likeness (QED) is 0.600. The van der Waals surface area contributed by atoms with Gasteiger partial charge in [-0.1, -0.05) is 62.7 Å². The van der Waals surface area contributed by atoms with Crippen LogP contribution >= 0.6 is 11.6 Å². The molecule has 27 heavy (non-hydrogen) atoms.